The fourth-order valence-corrected chi connectivity index (χ4v) is 9.30. The van der Waals surface area contributed by atoms with Crippen molar-refractivity contribution >= 4 is 60.9 Å². The summed E-state index contributed by atoms with van der Waals surface area (Å²) < 4.78 is 61.9. The summed E-state index contributed by atoms with van der Waals surface area (Å²) in [7, 11) is -1.86. The van der Waals surface area contributed by atoms with E-state index < -0.39 is 16.0 Å². The zero-order valence-electron chi connectivity index (χ0n) is 31.5. The summed E-state index contributed by atoms with van der Waals surface area (Å²) >= 11 is 13.0. The predicted molar refractivity (Wildman–Crippen MR) is 215 cm³/mol. The number of fused-ring (bicyclic) bond motifs is 2. The Balaban J connectivity index is 1.36. The lowest BCUT2D eigenvalue weighted by Crippen LogP contribution is -2.43. The first-order valence-electron chi connectivity index (χ1n) is 18.8. The zero-order valence-corrected chi connectivity index (χ0v) is 33.8. The highest BCUT2D eigenvalue weighted by molar-refractivity contribution is 7.89. The average molecular weight is 817 g/mol. The Morgan fingerprint density at radius 3 is 2.60 bits per heavy atom. The van der Waals surface area contributed by atoms with E-state index in [-0.39, 0.29) is 37.1 Å². The van der Waals surface area contributed by atoms with Crippen molar-refractivity contribution in [3.05, 3.63) is 82.0 Å². The molecule has 0 spiro atoms. The number of benzene rings is 3. The monoisotopic (exact) mass is 815 g/mol. The molecule has 0 atom stereocenters. The Kier molecular flexibility index (Phi) is 13.8. The van der Waals surface area contributed by atoms with Gasteiger partial charge in [-0.3, -0.25) is 9.58 Å². The van der Waals surface area contributed by atoms with Gasteiger partial charge in [-0.2, -0.15) is 9.40 Å². The van der Waals surface area contributed by atoms with Gasteiger partial charge in [0.05, 0.1) is 55.0 Å². The second-order valence-electron chi connectivity index (χ2n) is 13.5. The number of hydrogen-bond donors (Lipinski definition) is 1. The van der Waals surface area contributed by atoms with Gasteiger partial charge in [0.2, 0.25) is 10.0 Å². The van der Waals surface area contributed by atoms with Crippen LogP contribution in [-0.4, -0.2) is 103 Å². The van der Waals surface area contributed by atoms with Gasteiger partial charge in [0.15, 0.2) is 0 Å². The number of nitrogens with zero attached hydrogens (tertiary/aromatic N) is 4. The Morgan fingerprint density at radius 2 is 1.85 bits per heavy atom. The highest BCUT2D eigenvalue weighted by Crippen LogP contribution is 2.41. The van der Waals surface area contributed by atoms with Crippen molar-refractivity contribution in [2.75, 3.05) is 64.2 Å². The number of sulfonamides is 1. The molecule has 0 radical (unpaired) electrons. The molecule has 15 heteroatoms. The van der Waals surface area contributed by atoms with Gasteiger partial charge in [-0.05, 0) is 73.9 Å². The van der Waals surface area contributed by atoms with Crippen molar-refractivity contribution in [2.24, 2.45) is 7.05 Å². The number of carbonyl (C=O) groups is 1. The van der Waals surface area contributed by atoms with E-state index in [0.717, 1.165) is 46.1 Å². The molecule has 0 aliphatic carbocycles. The van der Waals surface area contributed by atoms with Crippen LogP contribution in [-0.2, 0) is 45.9 Å². The van der Waals surface area contributed by atoms with E-state index in [9.17, 15) is 17.6 Å². The molecule has 1 aliphatic rings. The molecule has 11 nitrogen and oxygen atoms in total. The fourth-order valence-electron chi connectivity index (χ4n) is 7.31. The zero-order chi connectivity index (χ0) is 39.1. The topological polar surface area (TPSA) is 119 Å². The van der Waals surface area contributed by atoms with Crippen LogP contribution >= 0.6 is 23.2 Å². The molecule has 2 aromatic heterocycles. The maximum Gasteiger partial charge on any atom is 0.355 e. The van der Waals surface area contributed by atoms with E-state index >= 15 is 0 Å². The van der Waals surface area contributed by atoms with Crippen LogP contribution in [0, 0.1) is 5.82 Å². The van der Waals surface area contributed by atoms with Crippen LogP contribution in [0.1, 0.15) is 54.1 Å². The highest BCUT2D eigenvalue weighted by Gasteiger charge is 2.30. The van der Waals surface area contributed by atoms with Gasteiger partial charge in [0.25, 0.3) is 0 Å². The van der Waals surface area contributed by atoms with Crippen molar-refractivity contribution < 1.29 is 31.8 Å². The van der Waals surface area contributed by atoms with Gasteiger partial charge in [-0.15, -0.1) is 11.6 Å². The number of morpholine rings is 1. The second kappa shape index (κ2) is 18.5. The number of nitrogens with one attached hydrogen (secondary N) is 1. The van der Waals surface area contributed by atoms with E-state index in [2.05, 4.69) is 9.88 Å². The number of aromatic nitrogens is 3. The molecule has 0 unspecified atom stereocenters. The Bertz CT molecular complexity index is 2240. The van der Waals surface area contributed by atoms with Gasteiger partial charge in [-0.1, -0.05) is 36.7 Å². The number of carbonyl (C=O) groups excluding carboxylic acids is 1. The third-order valence-corrected chi connectivity index (χ3v) is 12.5. The maximum absolute atomic E-state index is 13.9. The molecule has 296 valence electrons. The largest absolute Gasteiger partial charge is 0.493 e. The summed E-state index contributed by atoms with van der Waals surface area (Å²) in [5.41, 5.74) is 4.51. The van der Waals surface area contributed by atoms with Crippen molar-refractivity contribution in [3.8, 4) is 16.9 Å². The van der Waals surface area contributed by atoms with Crippen LogP contribution in [0.25, 0.3) is 32.8 Å². The summed E-state index contributed by atoms with van der Waals surface area (Å²) in [5.74, 6) is 0.000294. The Hall–Kier alpha value is -3.72. The molecule has 0 saturated carbocycles. The third kappa shape index (κ3) is 9.30. The summed E-state index contributed by atoms with van der Waals surface area (Å²) in [4.78, 5) is 19.1. The van der Waals surface area contributed by atoms with Crippen LogP contribution < -0.4 is 4.74 Å². The summed E-state index contributed by atoms with van der Waals surface area (Å²) in [6.07, 6.45) is 1.96. The predicted octanol–water partition coefficient (Wildman–Crippen LogP) is 7.36. The number of H-pyrrole nitrogens is 1. The van der Waals surface area contributed by atoms with Gasteiger partial charge in [0.1, 0.15) is 17.3 Å². The lowest BCUT2D eigenvalue weighted by molar-refractivity contribution is 0.0361. The minimum absolute atomic E-state index is 0.0291. The molecule has 1 fully saturated rings. The fraction of sp³-hybridized carbons (Fsp3) is 0.450. The molecule has 1 aliphatic heterocycles. The Labute approximate surface area is 331 Å². The highest BCUT2D eigenvalue weighted by atomic mass is 35.5. The first kappa shape index (κ1) is 40.9. The summed E-state index contributed by atoms with van der Waals surface area (Å²) in [6.45, 7) is 7.85. The third-order valence-electron chi connectivity index (χ3n) is 9.99. The molecule has 3 heterocycles. The number of rotatable bonds is 18. The minimum atomic E-state index is -3.70. The average Bonchev–Trinajstić information content (AvgIpc) is 3.70. The number of aromatic amines is 1. The van der Waals surface area contributed by atoms with Crippen molar-refractivity contribution in [1.82, 2.24) is 24.0 Å². The van der Waals surface area contributed by atoms with Gasteiger partial charge < -0.3 is 19.2 Å². The van der Waals surface area contributed by atoms with E-state index in [1.165, 1.54) is 16.4 Å². The second-order valence-corrected chi connectivity index (χ2v) is 16.4. The quantitative estimate of drug-likeness (QED) is 0.0554. The molecule has 5 aromatic rings. The van der Waals surface area contributed by atoms with Gasteiger partial charge in [0, 0.05) is 66.7 Å². The molecule has 3 aromatic carbocycles. The molecule has 0 bridgehead atoms. The number of alkyl halides is 1. The van der Waals surface area contributed by atoms with Crippen LogP contribution in [0.5, 0.6) is 5.75 Å². The normalized spacial score (nSPS) is 14.0. The summed E-state index contributed by atoms with van der Waals surface area (Å²) in [5, 5.41) is 7.68. The standard InChI is InChI=1S/C40H48Cl2FN5O6S/c1-4-34-37(33(45-46(34)3)26-48(55(50,51)24-8-16-41)18-17-47-19-22-52-23-20-47)36-32(42)15-14-31-30(39(44-38(31)36)40(49)53-5-2)10-7-21-54-35-11-6-9-27-25-28(43)12-13-29(27)35/h6,9,11-15,25,44H,4-5,7-8,10,16-24,26H2,1-3H3. The molecule has 55 heavy (non-hydrogen) atoms. The lowest BCUT2D eigenvalue weighted by Gasteiger charge is -2.29. The minimum Gasteiger partial charge on any atom is -0.493 e. The number of hydrogen-bond acceptors (Lipinski definition) is 8. The molecule has 0 amide bonds. The van der Waals surface area contributed by atoms with Crippen LogP contribution in [0.2, 0.25) is 5.02 Å². The van der Waals surface area contributed by atoms with E-state index in [0.29, 0.717) is 85.3 Å². The lowest BCUT2D eigenvalue weighted by atomic mass is 9.97. The van der Waals surface area contributed by atoms with Gasteiger partial charge >= 0.3 is 5.97 Å². The Morgan fingerprint density at radius 1 is 1.07 bits per heavy atom. The SMILES string of the molecule is CCOC(=O)c1[nH]c2c(-c3c(CN(CCN4CCOCC4)S(=O)(=O)CCCCl)nn(C)c3CC)c(Cl)ccc2c1CCCOc1cccc2cc(F)ccc12. The molecular weight excluding hydrogens is 768 g/mol. The number of aryl methyl sites for hydroxylation is 2. The maximum atomic E-state index is 13.9. The van der Waals surface area contributed by atoms with E-state index in [1.807, 2.05) is 38.2 Å². The molecule has 1 N–H and O–H groups in total. The first-order chi connectivity index (χ1) is 26.6. The smallest absolute Gasteiger partial charge is 0.355 e. The number of halogens is 3. The first-order valence-corrected chi connectivity index (χ1v) is 21.3. The molecule has 1 saturated heterocycles. The number of esters is 1. The van der Waals surface area contributed by atoms with E-state index in [4.69, 9.17) is 42.5 Å². The van der Waals surface area contributed by atoms with Crippen LogP contribution in [0.15, 0.2) is 48.5 Å². The van der Waals surface area contributed by atoms with Crippen LogP contribution in [0.4, 0.5) is 4.39 Å². The van der Waals surface area contributed by atoms with Crippen molar-refractivity contribution in [2.45, 2.75) is 46.1 Å². The molecular formula is C40H48Cl2FN5O6S. The van der Waals surface area contributed by atoms with E-state index in [1.54, 1.807) is 23.7 Å². The van der Waals surface area contributed by atoms with Crippen LogP contribution in [0.3, 0.4) is 0 Å². The van der Waals surface area contributed by atoms with Crippen molar-refractivity contribution in [1.29, 1.82) is 0 Å². The number of ether oxygens (including phenoxy) is 3. The van der Waals surface area contributed by atoms with Gasteiger partial charge in [-0.25, -0.2) is 17.6 Å². The summed E-state index contributed by atoms with van der Waals surface area (Å²) in [6, 6.07) is 13.8. The van der Waals surface area contributed by atoms with Crippen molar-refractivity contribution in [3.63, 3.8) is 0 Å². The molecule has 6 rings (SSSR count).